The van der Waals surface area contributed by atoms with Crippen LogP contribution in [0.15, 0.2) is 29.1 Å². The summed E-state index contributed by atoms with van der Waals surface area (Å²) in [6, 6.07) is 7.17. The van der Waals surface area contributed by atoms with Crippen molar-refractivity contribution in [3.63, 3.8) is 0 Å². The Morgan fingerprint density at radius 3 is 2.85 bits per heavy atom. The van der Waals surface area contributed by atoms with E-state index < -0.39 is 6.43 Å². The molecular weight excluding hydrogens is 358 g/mol. The molecule has 1 spiro atoms. The van der Waals surface area contributed by atoms with Crippen LogP contribution in [-0.2, 0) is 29.7 Å². The van der Waals surface area contributed by atoms with Crippen LogP contribution < -0.4 is 5.56 Å². The summed E-state index contributed by atoms with van der Waals surface area (Å²) in [5, 5.41) is 0. The maximum atomic E-state index is 12.7. The van der Waals surface area contributed by atoms with Crippen LogP contribution in [0.5, 0.6) is 0 Å². The van der Waals surface area contributed by atoms with E-state index in [9.17, 15) is 13.6 Å². The number of pyridine rings is 1. The van der Waals surface area contributed by atoms with Crippen molar-refractivity contribution in [3.8, 4) is 0 Å². The summed E-state index contributed by atoms with van der Waals surface area (Å²) in [5.41, 5.74) is 1.70. The van der Waals surface area contributed by atoms with Crippen LogP contribution in [0.4, 0.5) is 8.78 Å². The molecule has 2 aromatic rings. The molecule has 2 aliphatic rings. The molecule has 0 radical (unpaired) electrons. The van der Waals surface area contributed by atoms with E-state index in [1.54, 1.807) is 6.07 Å². The van der Waals surface area contributed by atoms with Crippen LogP contribution >= 0.6 is 11.3 Å². The van der Waals surface area contributed by atoms with Crippen LogP contribution in [0.25, 0.3) is 0 Å². The van der Waals surface area contributed by atoms with Crippen molar-refractivity contribution in [3.05, 3.63) is 55.6 Å². The van der Waals surface area contributed by atoms with Crippen LogP contribution in [0.3, 0.4) is 0 Å². The number of halogens is 2. The quantitative estimate of drug-likeness (QED) is 0.885. The van der Waals surface area contributed by atoms with Crippen LogP contribution in [0, 0.1) is 0 Å². The van der Waals surface area contributed by atoms with Crippen molar-refractivity contribution in [2.45, 2.75) is 44.3 Å². The fraction of sp³-hybridized carbons (Fsp3) is 0.526. The van der Waals surface area contributed by atoms with Crippen LogP contribution in [0.1, 0.15) is 33.9 Å². The summed E-state index contributed by atoms with van der Waals surface area (Å²) in [5.74, 6) is 0. The smallest absolute Gasteiger partial charge is 0.248 e. The SMILES string of the molecule is O=c1cccc(CN2CCC3(CC2)OCCc2cc(CC(F)F)sc23)[nH]1. The van der Waals surface area contributed by atoms with Gasteiger partial charge in [-0.1, -0.05) is 6.07 Å². The third-order valence-corrected chi connectivity index (χ3v) is 6.65. The Bertz CT molecular complexity index is 825. The topological polar surface area (TPSA) is 45.3 Å². The highest BCUT2D eigenvalue weighted by Gasteiger charge is 2.42. The van der Waals surface area contributed by atoms with Crippen molar-refractivity contribution in [2.75, 3.05) is 19.7 Å². The van der Waals surface area contributed by atoms with E-state index in [0.717, 1.165) is 47.8 Å². The van der Waals surface area contributed by atoms with Gasteiger partial charge in [0.15, 0.2) is 0 Å². The molecular formula is C19H22F2N2O2S. The molecule has 1 fully saturated rings. The molecule has 0 unspecified atom stereocenters. The fourth-order valence-corrected chi connectivity index (χ4v) is 5.42. The number of piperidine rings is 1. The van der Waals surface area contributed by atoms with Gasteiger partial charge < -0.3 is 9.72 Å². The molecule has 4 nitrogen and oxygen atoms in total. The van der Waals surface area contributed by atoms with Gasteiger partial charge in [-0.05, 0) is 37.0 Å². The number of ether oxygens (including phenoxy) is 1. The number of aromatic amines is 1. The third-order valence-electron chi connectivity index (χ3n) is 5.27. The molecule has 7 heteroatoms. The van der Waals surface area contributed by atoms with Crippen LogP contribution in [-0.4, -0.2) is 36.0 Å². The second-order valence-electron chi connectivity index (χ2n) is 7.07. The summed E-state index contributed by atoms with van der Waals surface area (Å²) in [6.07, 6.45) is 0.0478. The van der Waals surface area contributed by atoms with Gasteiger partial charge in [0.25, 0.3) is 0 Å². The average molecular weight is 380 g/mol. The van der Waals surface area contributed by atoms with Gasteiger partial charge in [-0.2, -0.15) is 0 Å². The molecule has 4 heterocycles. The number of nitrogens with one attached hydrogen (secondary N) is 1. The summed E-state index contributed by atoms with van der Waals surface area (Å²) in [6.45, 7) is 3.08. The van der Waals surface area contributed by atoms with Gasteiger partial charge in [0, 0.05) is 47.6 Å². The molecule has 0 bridgehead atoms. The fourth-order valence-electron chi connectivity index (χ4n) is 4.00. The highest BCUT2D eigenvalue weighted by atomic mass is 32.1. The Hall–Kier alpha value is -1.57. The van der Waals surface area contributed by atoms with Crippen molar-refractivity contribution < 1.29 is 13.5 Å². The summed E-state index contributed by atoms with van der Waals surface area (Å²) < 4.78 is 31.7. The number of alkyl halides is 2. The van der Waals surface area contributed by atoms with E-state index in [-0.39, 0.29) is 17.6 Å². The number of likely N-dealkylation sites (tertiary alicyclic amines) is 1. The highest BCUT2D eigenvalue weighted by Crippen LogP contribution is 2.45. The molecule has 26 heavy (non-hydrogen) atoms. The molecule has 140 valence electrons. The van der Waals surface area contributed by atoms with E-state index in [4.69, 9.17) is 4.74 Å². The molecule has 0 amide bonds. The van der Waals surface area contributed by atoms with Gasteiger partial charge in [-0.25, -0.2) is 8.78 Å². The second-order valence-corrected chi connectivity index (χ2v) is 8.21. The number of hydrogen-bond donors (Lipinski definition) is 1. The van der Waals surface area contributed by atoms with Crippen molar-refractivity contribution >= 4 is 11.3 Å². The Kier molecular flexibility index (Phi) is 4.94. The molecule has 0 atom stereocenters. The minimum absolute atomic E-state index is 0.0821. The number of hydrogen-bond acceptors (Lipinski definition) is 4. The number of aromatic nitrogens is 1. The Labute approximate surface area is 154 Å². The van der Waals surface area contributed by atoms with Crippen molar-refractivity contribution in [1.82, 2.24) is 9.88 Å². The lowest BCUT2D eigenvalue weighted by Gasteiger charge is -2.43. The summed E-state index contributed by atoms with van der Waals surface area (Å²) in [4.78, 5) is 18.5. The molecule has 1 N–H and O–H groups in total. The van der Waals surface area contributed by atoms with Gasteiger partial charge in [-0.15, -0.1) is 11.3 Å². The number of thiophene rings is 1. The molecule has 0 aliphatic carbocycles. The van der Waals surface area contributed by atoms with Crippen molar-refractivity contribution in [2.24, 2.45) is 0 Å². The zero-order chi connectivity index (χ0) is 18.1. The minimum Gasteiger partial charge on any atom is -0.369 e. The van der Waals surface area contributed by atoms with E-state index in [0.29, 0.717) is 13.2 Å². The predicted molar refractivity (Wildman–Crippen MR) is 96.9 cm³/mol. The van der Waals surface area contributed by atoms with Gasteiger partial charge in [0.1, 0.15) is 5.60 Å². The van der Waals surface area contributed by atoms with Crippen LogP contribution in [0.2, 0.25) is 0 Å². The number of nitrogens with zero attached hydrogens (tertiary/aromatic N) is 1. The number of rotatable bonds is 4. The zero-order valence-electron chi connectivity index (χ0n) is 14.5. The van der Waals surface area contributed by atoms with Gasteiger partial charge in [0.05, 0.1) is 6.61 Å². The monoisotopic (exact) mass is 380 g/mol. The normalized spacial score (nSPS) is 19.8. The molecule has 2 aromatic heterocycles. The maximum Gasteiger partial charge on any atom is 0.248 e. The lowest BCUT2D eigenvalue weighted by atomic mass is 9.85. The van der Waals surface area contributed by atoms with Crippen molar-refractivity contribution in [1.29, 1.82) is 0 Å². The van der Waals surface area contributed by atoms with E-state index in [2.05, 4.69) is 9.88 Å². The Balaban J connectivity index is 1.47. The first kappa shape index (κ1) is 17.8. The summed E-state index contributed by atoms with van der Waals surface area (Å²) in [7, 11) is 0. The lowest BCUT2D eigenvalue weighted by Crippen LogP contribution is -2.45. The van der Waals surface area contributed by atoms with E-state index in [1.165, 1.54) is 23.0 Å². The zero-order valence-corrected chi connectivity index (χ0v) is 15.3. The first-order valence-corrected chi connectivity index (χ1v) is 9.80. The van der Waals surface area contributed by atoms with Gasteiger partial charge >= 0.3 is 0 Å². The largest absolute Gasteiger partial charge is 0.369 e. The highest BCUT2D eigenvalue weighted by molar-refractivity contribution is 7.12. The van der Waals surface area contributed by atoms with Gasteiger partial charge in [-0.3, -0.25) is 9.69 Å². The standard InChI is InChI=1S/C19H22F2N2O2S/c20-16(21)11-15-10-13-4-9-25-19(18(13)26-15)5-7-23(8-6-19)12-14-2-1-3-17(24)22-14/h1-3,10,16H,4-9,11-12H2,(H,22,24). The number of fused-ring (bicyclic) bond motifs is 2. The van der Waals surface area contributed by atoms with Gasteiger partial charge in [0.2, 0.25) is 12.0 Å². The predicted octanol–water partition coefficient (Wildman–Crippen LogP) is 3.31. The van der Waals surface area contributed by atoms with E-state index in [1.807, 2.05) is 12.1 Å². The molecule has 0 aromatic carbocycles. The lowest BCUT2D eigenvalue weighted by molar-refractivity contribution is -0.0961. The maximum absolute atomic E-state index is 12.7. The first-order chi connectivity index (χ1) is 12.5. The molecule has 0 saturated carbocycles. The number of H-pyrrole nitrogens is 1. The second kappa shape index (κ2) is 7.21. The molecule has 2 aliphatic heterocycles. The average Bonchev–Trinajstić information content (AvgIpc) is 3.00. The Morgan fingerprint density at radius 2 is 2.12 bits per heavy atom. The van der Waals surface area contributed by atoms with E-state index >= 15 is 0 Å². The Morgan fingerprint density at radius 1 is 1.31 bits per heavy atom. The minimum atomic E-state index is -2.30. The third kappa shape index (κ3) is 3.61. The molecule has 1 saturated heterocycles. The first-order valence-electron chi connectivity index (χ1n) is 8.99. The summed E-state index contributed by atoms with van der Waals surface area (Å²) >= 11 is 1.51. The molecule has 4 rings (SSSR count).